The summed E-state index contributed by atoms with van der Waals surface area (Å²) in [5.74, 6) is -0.318. The van der Waals surface area contributed by atoms with Crippen molar-refractivity contribution in [2.45, 2.75) is 50.0 Å². The van der Waals surface area contributed by atoms with E-state index in [9.17, 15) is 22.8 Å². The summed E-state index contributed by atoms with van der Waals surface area (Å²) in [7, 11) is 0. The number of furan rings is 1. The highest BCUT2D eigenvalue weighted by atomic mass is 35.5. The van der Waals surface area contributed by atoms with E-state index in [2.05, 4.69) is 16.0 Å². The number of carbonyl (C=O) groups is 2. The molecule has 1 saturated heterocycles. The maximum Gasteiger partial charge on any atom is 0.432 e. The largest absolute Gasteiger partial charge is 0.450 e. The van der Waals surface area contributed by atoms with Crippen LogP contribution < -0.4 is 16.0 Å². The molecule has 1 unspecified atom stereocenters. The first-order valence-electron chi connectivity index (χ1n) is 11.6. The van der Waals surface area contributed by atoms with Gasteiger partial charge in [0.1, 0.15) is 17.4 Å². The number of anilines is 1. The van der Waals surface area contributed by atoms with Crippen molar-refractivity contribution in [1.29, 1.82) is 0 Å². The maximum absolute atomic E-state index is 13.3. The quantitative estimate of drug-likeness (QED) is 0.528. The van der Waals surface area contributed by atoms with E-state index in [1.54, 1.807) is 17.0 Å². The van der Waals surface area contributed by atoms with Crippen LogP contribution in [0.2, 0.25) is 5.02 Å². The number of amides is 3. The molecule has 8 nitrogen and oxygen atoms in total. The number of hydrogen-bond donors (Lipinski definition) is 3. The fraction of sp³-hybridized carbons (Fsp3) is 0.478. The Morgan fingerprint density at radius 2 is 1.94 bits per heavy atom. The lowest BCUT2D eigenvalue weighted by molar-refractivity contribution is -0.0964. The normalized spacial score (nSPS) is 23.4. The van der Waals surface area contributed by atoms with Crippen molar-refractivity contribution in [1.82, 2.24) is 20.4 Å². The number of halogens is 4. The van der Waals surface area contributed by atoms with Crippen LogP contribution in [0.1, 0.15) is 48.2 Å². The predicted molar refractivity (Wildman–Crippen MR) is 122 cm³/mol. The number of carbonyl (C=O) groups excluding carboxylic acids is 2. The summed E-state index contributed by atoms with van der Waals surface area (Å²) in [5, 5.41) is 9.32. The van der Waals surface area contributed by atoms with Crippen molar-refractivity contribution in [3.8, 4) is 0 Å². The number of piperazine rings is 1. The molecular formula is C23H23ClF3N5O3. The summed E-state index contributed by atoms with van der Waals surface area (Å²) < 4.78 is 45.4. The highest BCUT2D eigenvalue weighted by molar-refractivity contribution is 6.35. The van der Waals surface area contributed by atoms with E-state index in [0.29, 0.717) is 21.7 Å². The van der Waals surface area contributed by atoms with Gasteiger partial charge in [-0.15, -0.1) is 0 Å². The molecule has 4 aliphatic rings. The first kappa shape index (κ1) is 22.4. The minimum atomic E-state index is -4.47. The van der Waals surface area contributed by atoms with Gasteiger partial charge in [-0.3, -0.25) is 4.79 Å². The first-order valence-corrected chi connectivity index (χ1v) is 12.0. The van der Waals surface area contributed by atoms with Crippen LogP contribution in [0.25, 0.3) is 11.0 Å². The second kappa shape index (κ2) is 7.71. The second-order valence-electron chi connectivity index (χ2n) is 9.55. The number of nitrogens with zero attached hydrogens (tertiary/aromatic N) is 2. The van der Waals surface area contributed by atoms with Crippen molar-refractivity contribution in [3.05, 3.63) is 40.4 Å². The fourth-order valence-corrected chi connectivity index (χ4v) is 6.01. The van der Waals surface area contributed by atoms with E-state index in [-0.39, 0.29) is 31.4 Å². The van der Waals surface area contributed by atoms with E-state index in [1.807, 2.05) is 0 Å². The van der Waals surface area contributed by atoms with Crippen LogP contribution in [0.4, 0.5) is 23.7 Å². The van der Waals surface area contributed by atoms with Crippen LogP contribution in [0.15, 0.2) is 28.4 Å². The Morgan fingerprint density at radius 3 is 2.69 bits per heavy atom. The zero-order valence-electron chi connectivity index (χ0n) is 18.6. The first-order chi connectivity index (χ1) is 16.6. The molecule has 3 amide bonds. The molecule has 6 rings (SSSR count). The fourth-order valence-electron chi connectivity index (χ4n) is 5.75. The molecule has 186 valence electrons. The van der Waals surface area contributed by atoms with Crippen LogP contribution in [0, 0.1) is 0 Å². The van der Waals surface area contributed by atoms with Crippen LogP contribution in [-0.4, -0.2) is 53.7 Å². The number of hydrogen-bond acceptors (Lipinski definition) is 5. The Kier molecular flexibility index (Phi) is 4.93. The number of fused-ring (bicyclic) bond motifs is 5. The highest BCUT2D eigenvalue weighted by Crippen LogP contribution is 2.49. The molecule has 0 radical (unpaired) electrons. The number of nitrogens with one attached hydrogen (secondary N) is 3. The smallest absolute Gasteiger partial charge is 0.432 e. The number of urea groups is 1. The van der Waals surface area contributed by atoms with Crippen LogP contribution in [0.5, 0.6) is 0 Å². The summed E-state index contributed by atoms with van der Waals surface area (Å²) in [6.45, 7) is 0.603. The van der Waals surface area contributed by atoms with Gasteiger partial charge in [0.15, 0.2) is 5.76 Å². The maximum atomic E-state index is 13.3. The van der Waals surface area contributed by atoms with Gasteiger partial charge >= 0.3 is 12.2 Å². The minimum Gasteiger partial charge on any atom is -0.450 e. The zero-order valence-corrected chi connectivity index (χ0v) is 19.4. The van der Waals surface area contributed by atoms with Crippen molar-refractivity contribution in [2.24, 2.45) is 0 Å². The molecule has 1 atom stereocenters. The third kappa shape index (κ3) is 3.59. The Bertz CT molecular complexity index is 1270. The number of rotatable bonds is 1. The molecule has 1 spiro atoms. The second-order valence-corrected chi connectivity index (χ2v) is 9.96. The molecule has 3 aliphatic heterocycles. The monoisotopic (exact) mass is 509 g/mol. The van der Waals surface area contributed by atoms with E-state index < -0.39 is 29.5 Å². The average Bonchev–Trinajstić information content (AvgIpc) is 3.43. The molecule has 1 aromatic heterocycles. The van der Waals surface area contributed by atoms with Gasteiger partial charge in [-0.2, -0.15) is 13.2 Å². The average molecular weight is 510 g/mol. The molecule has 2 aromatic rings. The molecule has 35 heavy (non-hydrogen) atoms. The highest BCUT2D eigenvalue weighted by Gasteiger charge is 2.45. The van der Waals surface area contributed by atoms with Crippen molar-refractivity contribution in [3.63, 3.8) is 0 Å². The molecule has 12 heteroatoms. The third-order valence-electron chi connectivity index (χ3n) is 7.38. The van der Waals surface area contributed by atoms with E-state index in [4.69, 9.17) is 16.0 Å². The number of allylic oxidation sites excluding steroid dienone is 1. The van der Waals surface area contributed by atoms with Crippen molar-refractivity contribution in [2.75, 3.05) is 25.0 Å². The Labute approximate surface area is 203 Å². The lowest BCUT2D eigenvalue weighted by Gasteiger charge is -2.42. The van der Waals surface area contributed by atoms with Gasteiger partial charge in [-0.25, -0.2) is 4.79 Å². The van der Waals surface area contributed by atoms with Gasteiger partial charge in [-0.1, -0.05) is 30.9 Å². The van der Waals surface area contributed by atoms with Crippen LogP contribution in [0.3, 0.4) is 0 Å². The van der Waals surface area contributed by atoms with E-state index in [1.165, 1.54) is 4.90 Å². The van der Waals surface area contributed by atoms with Gasteiger partial charge in [0, 0.05) is 30.2 Å². The minimum absolute atomic E-state index is 0.0758. The molecule has 4 heterocycles. The number of benzene rings is 1. The number of alkyl halides is 3. The third-order valence-corrected chi connectivity index (χ3v) is 7.68. The van der Waals surface area contributed by atoms with Gasteiger partial charge in [-0.05, 0) is 25.0 Å². The Morgan fingerprint density at radius 1 is 1.17 bits per heavy atom. The summed E-state index contributed by atoms with van der Waals surface area (Å²) >= 11 is 6.55. The van der Waals surface area contributed by atoms with Gasteiger partial charge in [0.25, 0.3) is 5.91 Å². The lowest BCUT2D eigenvalue weighted by atomic mass is 9.74. The molecule has 2 fully saturated rings. The summed E-state index contributed by atoms with van der Waals surface area (Å²) in [5.41, 5.74) is 0.290. The van der Waals surface area contributed by atoms with E-state index in [0.717, 1.165) is 43.9 Å². The molecule has 3 N–H and O–H groups in total. The van der Waals surface area contributed by atoms with Crippen LogP contribution >= 0.6 is 11.6 Å². The van der Waals surface area contributed by atoms with Gasteiger partial charge < -0.3 is 30.2 Å². The van der Waals surface area contributed by atoms with Gasteiger partial charge in [0.2, 0.25) is 0 Å². The lowest BCUT2D eigenvalue weighted by Crippen LogP contribution is -2.55. The van der Waals surface area contributed by atoms with E-state index >= 15 is 0 Å². The zero-order chi connectivity index (χ0) is 24.5. The van der Waals surface area contributed by atoms with Gasteiger partial charge in [0.05, 0.1) is 22.8 Å². The summed E-state index contributed by atoms with van der Waals surface area (Å²) in [4.78, 5) is 28.8. The standard InChI is InChI=1S/C23H23ClF3N5O3/c24-13-8-12-9-14(20(33)32-7-6-31-10-15(23(25,26)27)28-16(31)11-32)35-19(12)17-18(13)29-21(34)30-22(17)4-2-1-3-5-22/h8-10,16,28H,1-7,11H2,(H2,29,30,34). The van der Waals surface area contributed by atoms with Crippen LogP contribution in [-0.2, 0) is 5.54 Å². The molecule has 1 aromatic carbocycles. The van der Waals surface area contributed by atoms with Crippen molar-refractivity contribution >= 4 is 40.2 Å². The summed E-state index contributed by atoms with van der Waals surface area (Å²) in [6, 6.07) is 2.95. The SMILES string of the molecule is O=C1Nc2c(Cl)cc3cc(C(=O)N4CCN5C=C(C(F)(F)F)NC5C4)oc3c2C2(CCCCC2)N1. The molecular weight excluding hydrogens is 487 g/mol. The predicted octanol–water partition coefficient (Wildman–Crippen LogP) is 4.47. The summed E-state index contributed by atoms with van der Waals surface area (Å²) in [6.07, 6.45) is 0.348. The molecule has 1 saturated carbocycles. The topological polar surface area (TPSA) is 89.9 Å². The van der Waals surface area contributed by atoms with Crippen molar-refractivity contribution < 1.29 is 27.2 Å². The Hall–Kier alpha value is -3.08. The Balaban J connectivity index is 1.33. The molecule has 0 bridgehead atoms. The molecule has 1 aliphatic carbocycles.